The van der Waals surface area contributed by atoms with Crippen molar-refractivity contribution in [1.29, 1.82) is 0 Å². The third-order valence-corrected chi connectivity index (χ3v) is 5.06. The Hall–Kier alpha value is -3.28. The Morgan fingerprint density at radius 1 is 0.964 bits per heavy atom. The number of carbonyl (C=O) groups is 1. The highest BCUT2D eigenvalue weighted by Crippen LogP contribution is 2.28. The number of anilines is 1. The van der Waals surface area contributed by atoms with E-state index in [2.05, 4.69) is 15.1 Å². The molecule has 1 aromatic heterocycles. The van der Waals surface area contributed by atoms with Gasteiger partial charge in [-0.1, -0.05) is 30.3 Å². The van der Waals surface area contributed by atoms with Gasteiger partial charge in [-0.25, -0.2) is 0 Å². The lowest BCUT2D eigenvalue weighted by Gasteiger charge is -2.36. The van der Waals surface area contributed by atoms with Crippen LogP contribution in [-0.2, 0) is 0 Å². The van der Waals surface area contributed by atoms with Crippen LogP contribution in [0.3, 0.4) is 0 Å². The van der Waals surface area contributed by atoms with Crippen molar-refractivity contribution in [3.05, 3.63) is 71.5 Å². The minimum Gasteiger partial charge on any atom is -0.457 e. The van der Waals surface area contributed by atoms with Crippen LogP contribution in [0.25, 0.3) is 0 Å². The van der Waals surface area contributed by atoms with E-state index in [1.807, 2.05) is 73.3 Å². The van der Waals surface area contributed by atoms with Crippen molar-refractivity contribution >= 4 is 11.6 Å². The highest BCUT2D eigenvalue weighted by atomic mass is 16.5. The van der Waals surface area contributed by atoms with Gasteiger partial charge in [0.1, 0.15) is 11.5 Å². The van der Waals surface area contributed by atoms with Gasteiger partial charge in [0, 0.05) is 26.2 Å². The average molecular weight is 376 g/mol. The standard InChI is InChI=1S/C22H24N4O2/c1-16-21(17(2)24-23-16)25-12-14-26(15-13-25)22(27)19-10-6-7-11-20(19)28-18-8-4-3-5-9-18/h3-11H,12-15H2,1-2H3,(H,23,24). The summed E-state index contributed by atoms with van der Waals surface area (Å²) in [5.74, 6) is 1.31. The smallest absolute Gasteiger partial charge is 0.257 e. The maximum Gasteiger partial charge on any atom is 0.257 e. The predicted octanol–water partition coefficient (Wildman–Crippen LogP) is 3.78. The number of hydrogen-bond acceptors (Lipinski definition) is 4. The van der Waals surface area contributed by atoms with Crippen LogP contribution in [0.4, 0.5) is 5.69 Å². The summed E-state index contributed by atoms with van der Waals surface area (Å²) in [6.45, 7) is 6.95. The molecule has 0 saturated carbocycles. The summed E-state index contributed by atoms with van der Waals surface area (Å²) < 4.78 is 5.96. The number of para-hydroxylation sites is 2. The Kier molecular flexibility index (Phi) is 5.02. The van der Waals surface area contributed by atoms with Crippen LogP contribution >= 0.6 is 0 Å². The van der Waals surface area contributed by atoms with Crippen molar-refractivity contribution in [2.45, 2.75) is 13.8 Å². The fourth-order valence-electron chi connectivity index (χ4n) is 3.66. The van der Waals surface area contributed by atoms with Crippen molar-refractivity contribution in [2.75, 3.05) is 31.1 Å². The van der Waals surface area contributed by atoms with Crippen molar-refractivity contribution in [3.8, 4) is 11.5 Å². The SMILES string of the molecule is Cc1n[nH]c(C)c1N1CCN(C(=O)c2ccccc2Oc2ccccc2)CC1. The maximum absolute atomic E-state index is 13.1. The lowest BCUT2D eigenvalue weighted by atomic mass is 10.1. The van der Waals surface area contributed by atoms with Crippen LogP contribution in [0.1, 0.15) is 21.7 Å². The first-order valence-electron chi connectivity index (χ1n) is 9.51. The van der Waals surface area contributed by atoms with E-state index >= 15 is 0 Å². The molecule has 0 radical (unpaired) electrons. The molecule has 1 fully saturated rings. The van der Waals surface area contributed by atoms with E-state index in [4.69, 9.17) is 4.74 Å². The van der Waals surface area contributed by atoms with Crippen LogP contribution in [-0.4, -0.2) is 47.2 Å². The third kappa shape index (κ3) is 3.58. The van der Waals surface area contributed by atoms with Crippen LogP contribution in [0.15, 0.2) is 54.6 Å². The molecule has 0 unspecified atom stereocenters. The molecule has 144 valence electrons. The topological polar surface area (TPSA) is 61.5 Å². The predicted molar refractivity (Wildman–Crippen MR) is 109 cm³/mol. The molecule has 1 N–H and O–H groups in total. The van der Waals surface area contributed by atoms with E-state index < -0.39 is 0 Å². The van der Waals surface area contributed by atoms with E-state index in [1.165, 1.54) is 0 Å². The fraction of sp³-hybridized carbons (Fsp3) is 0.273. The number of nitrogens with zero attached hydrogens (tertiary/aromatic N) is 3. The number of rotatable bonds is 4. The molecule has 0 bridgehead atoms. The molecule has 2 heterocycles. The van der Waals surface area contributed by atoms with Crippen molar-refractivity contribution in [1.82, 2.24) is 15.1 Å². The molecule has 6 nitrogen and oxygen atoms in total. The number of piperazine rings is 1. The highest BCUT2D eigenvalue weighted by Gasteiger charge is 2.26. The van der Waals surface area contributed by atoms with Crippen LogP contribution in [0, 0.1) is 13.8 Å². The summed E-state index contributed by atoms with van der Waals surface area (Å²) in [7, 11) is 0. The average Bonchev–Trinajstić information content (AvgIpc) is 3.07. The molecule has 0 spiro atoms. The largest absolute Gasteiger partial charge is 0.457 e. The Labute approximate surface area is 164 Å². The zero-order valence-corrected chi connectivity index (χ0v) is 16.2. The number of aryl methyl sites for hydroxylation is 2. The molecule has 1 saturated heterocycles. The summed E-state index contributed by atoms with van der Waals surface area (Å²) in [4.78, 5) is 17.3. The monoisotopic (exact) mass is 376 g/mol. The number of hydrogen-bond donors (Lipinski definition) is 1. The number of nitrogens with one attached hydrogen (secondary N) is 1. The van der Waals surface area contributed by atoms with Crippen molar-refractivity contribution < 1.29 is 9.53 Å². The quantitative estimate of drug-likeness (QED) is 0.753. The lowest BCUT2D eigenvalue weighted by molar-refractivity contribution is 0.0744. The minimum atomic E-state index is 0.00631. The Balaban J connectivity index is 1.47. The number of aromatic amines is 1. The first-order chi connectivity index (χ1) is 13.6. The van der Waals surface area contributed by atoms with Gasteiger partial charge < -0.3 is 14.5 Å². The second-order valence-corrected chi connectivity index (χ2v) is 6.97. The minimum absolute atomic E-state index is 0.00631. The van der Waals surface area contributed by atoms with Crippen LogP contribution in [0.2, 0.25) is 0 Å². The molecule has 2 aromatic carbocycles. The Morgan fingerprint density at radius 2 is 1.64 bits per heavy atom. The highest BCUT2D eigenvalue weighted by molar-refractivity contribution is 5.97. The fourth-order valence-corrected chi connectivity index (χ4v) is 3.66. The first kappa shape index (κ1) is 18.1. The molecule has 0 atom stereocenters. The van der Waals surface area contributed by atoms with Gasteiger partial charge in [0.2, 0.25) is 0 Å². The zero-order chi connectivity index (χ0) is 19.5. The van der Waals surface area contributed by atoms with Gasteiger partial charge in [-0.15, -0.1) is 0 Å². The molecule has 4 rings (SSSR count). The first-order valence-corrected chi connectivity index (χ1v) is 9.51. The summed E-state index contributed by atoms with van der Waals surface area (Å²) in [6, 6.07) is 17.0. The van der Waals surface area contributed by atoms with Gasteiger partial charge in [-0.05, 0) is 38.1 Å². The summed E-state index contributed by atoms with van der Waals surface area (Å²) in [5.41, 5.74) is 3.81. The second-order valence-electron chi connectivity index (χ2n) is 6.97. The van der Waals surface area contributed by atoms with E-state index in [-0.39, 0.29) is 5.91 Å². The maximum atomic E-state index is 13.1. The summed E-state index contributed by atoms with van der Waals surface area (Å²) >= 11 is 0. The molecule has 28 heavy (non-hydrogen) atoms. The van der Waals surface area contributed by atoms with Gasteiger partial charge >= 0.3 is 0 Å². The summed E-state index contributed by atoms with van der Waals surface area (Å²) in [5, 5.41) is 7.32. The molecule has 0 aliphatic carbocycles. The summed E-state index contributed by atoms with van der Waals surface area (Å²) in [6.07, 6.45) is 0. The normalized spacial score (nSPS) is 14.2. The Bertz CT molecular complexity index is 940. The van der Waals surface area contributed by atoms with E-state index in [0.717, 1.165) is 35.9 Å². The number of aromatic nitrogens is 2. The number of amides is 1. The molecule has 1 aliphatic rings. The zero-order valence-electron chi connectivity index (χ0n) is 16.2. The van der Waals surface area contributed by atoms with Crippen molar-refractivity contribution in [2.24, 2.45) is 0 Å². The van der Waals surface area contributed by atoms with Gasteiger partial charge in [-0.2, -0.15) is 5.10 Å². The molecule has 1 aliphatic heterocycles. The van der Waals surface area contributed by atoms with E-state index in [1.54, 1.807) is 0 Å². The molecule has 3 aromatic rings. The Morgan fingerprint density at radius 3 is 2.32 bits per heavy atom. The van der Waals surface area contributed by atoms with Gasteiger partial charge in [-0.3, -0.25) is 9.89 Å². The van der Waals surface area contributed by atoms with Crippen LogP contribution in [0.5, 0.6) is 11.5 Å². The number of ether oxygens (including phenoxy) is 1. The second kappa shape index (κ2) is 7.76. The molecule has 6 heteroatoms. The molecule has 1 amide bonds. The number of carbonyl (C=O) groups excluding carboxylic acids is 1. The van der Waals surface area contributed by atoms with E-state index in [9.17, 15) is 4.79 Å². The third-order valence-electron chi connectivity index (χ3n) is 5.06. The van der Waals surface area contributed by atoms with Crippen LogP contribution < -0.4 is 9.64 Å². The molecular formula is C22H24N4O2. The number of H-pyrrole nitrogens is 1. The van der Waals surface area contributed by atoms with Gasteiger partial charge in [0.05, 0.1) is 22.6 Å². The van der Waals surface area contributed by atoms with Crippen molar-refractivity contribution in [3.63, 3.8) is 0 Å². The van der Waals surface area contributed by atoms with E-state index in [0.29, 0.717) is 24.4 Å². The lowest BCUT2D eigenvalue weighted by Crippen LogP contribution is -2.49. The van der Waals surface area contributed by atoms with Gasteiger partial charge in [0.25, 0.3) is 5.91 Å². The number of benzene rings is 2. The molecular weight excluding hydrogens is 352 g/mol. The van der Waals surface area contributed by atoms with Gasteiger partial charge in [0.15, 0.2) is 0 Å².